The van der Waals surface area contributed by atoms with Gasteiger partial charge in [0.2, 0.25) is 5.91 Å². The molecule has 126 valence electrons. The summed E-state index contributed by atoms with van der Waals surface area (Å²) in [5, 5.41) is 12.2. The van der Waals surface area contributed by atoms with Gasteiger partial charge in [0, 0.05) is 11.1 Å². The molecular formula is C16H17ClF3NO2. The van der Waals surface area contributed by atoms with E-state index in [0.29, 0.717) is 11.1 Å². The van der Waals surface area contributed by atoms with Crippen LogP contribution in [0.2, 0.25) is 5.02 Å². The number of hydrogen-bond acceptors (Lipinski definition) is 2. The Kier molecular flexibility index (Phi) is 5.06. The average molecular weight is 348 g/mol. The number of rotatable bonds is 5. The zero-order chi connectivity index (χ0) is 17.3. The molecule has 0 spiro atoms. The van der Waals surface area contributed by atoms with Gasteiger partial charge in [0.05, 0.1) is 17.7 Å². The van der Waals surface area contributed by atoms with Crippen LogP contribution in [0.25, 0.3) is 5.57 Å². The number of amides is 1. The quantitative estimate of drug-likeness (QED) is 0.800. The predicted molar refractivity (Wildman–Crippen MR) is 81.8 cm³/mol. The lowest BCUT2D eigenvalue weighted by atomic mass is 9.96. The van der Waals surface area contributed by atoms with Crippen molar-refractivity contribution in [3.63, 3.8) is 0 Å². The molecule has 0 bridgehead atoms. The van der Waals surface area contributed by atoms with Crippen LogP contribution in [-0.2, 0) is 4.79 Å². The van der Waals surface area contributed by atoms with Gasteiger partial charge in [-0.25, -0.2) is 0 Å². The van der Waals surface area contributed by atoms with E-state index in [1.165, 1.54) is 24.3 Å². The number of alkyl halides is 3. The Morgan fingerprint density at radius 3 is 2.35 bits per heavy atom. The van der Waals surface area contributed by atoms with E-state index in [1.54, 1.807) is 6.92 Å². The molecule has 1 aromatic carbocycles. The average Bonchev–Trinajstić information content (AvgIpc) is 3.29. The maximum absolute atomic E-state index is 13.2. The van der Waals surface area contributed by atoms with Crippen molar-refractivity contribution in [2.24, 2.45) is 5.92 Å². The van der Waals surface area contributed by atoms with Crippen LogP contribution in [-0.4, -0.2) is 29.3 Å². The van der Waals surface area contributed by atoms with Gasteiger partial charge in [0.1, 0.15) is 0 Å². The first-order valence-corrected chi connectivity index (χ1v) is 7.51. The minimum absolute atomic E-state index is 0.0923. The lowest BCUT2D eigenvalue weighted by Crippen LogP contribution is -2.50. The maximum Gasteiger partial charge on any atom is 0.417 e. The van der Waals surface area contributed by atoms with E-state index in [4.69, 9.17) is 11.6 Å². The topological polar surface area (TPSA) is 49.3 Å². The van der Waals surface area contributed by atoms with Crippen molar-refractivity contribution in [3.8, 4) is 0 Å². The zero-order valence-corrected chi connectivity index (χ0v) is 13.2. The molecule has 2 rings (SSSR count). The van der Waals surface area contributed by atoms with Crippen molar-refractivity contribution >= 4 is 23.1 Å². The number of benzene rings is 1. The second-order valence-electron chi connectivity index (χ2n) is 5.90. The first kappa shape index (κ1) is 17.8. The number of halogens is 4. The summed E-state index contributed by atoms with van der Waals surface area (Å²) in [7, 11) is 0. The lowest BCUT2D eigenvalue weighted by molar-refractivity contribution is -0.119. The number of nitrogens with one attached hydrogen (secondary N) is 1. The van der Waals surface area contributed by atoms with Gasteiger partial charge in [-0.2, -0.15) is 13.2 Å². The molecule has 0 heterocycles. The largest absolute Gasteiger partial charge is 0.417 e. The van der Waals surface area contributed by atoms with Gasteiger partial charge in [0.15, 0.2) is 0 Å². The highest BCUT2D eigenvalue weighted by Crippen LogP contribution is 2.39. The fourth-order valence-electron chi connectivity index (χ4n) is 2.40. The molecule has 1 unspecified atom stereocenters. The fraction of sp³-hybridized carbons (Fsp3) is 0.438. The van der Waals surface area contributed by atoms with Crippen molar-refractivity contribution in [1.82, 2.24) is 5.32 Å². The first-order valence-electron chi connectivity index (χ1n) is 7.13. The Morgan fingerprint density at radius 1 is 1.35 bits per heavy atom. The van der Waals surface area contributed by atoms with E-state index >= 15 is 0 Å². The van der Waals surface area contributed by atoms with E-state index in [2.05, 4.69) is 5.32 Å². The lowest BCUT2D eigenvalue weighted by Gasteiger charge is -2.28. The second-order valence-corrected chi connectivity index (χ2v) is 6.34. The Hall–Kier alpha value is -1.53. The van der Waals surface area contributed by atoms with Gasteiger partial charge in [0.25, 0.3) is 0 Å². The summed E-state index contributed by atoms with van der Waals surface area (Å²) in [5.74, 6) is -0.787. The van der Waals surface area contributed by atoms with E-state index in [-0.39, 0.29) is 18.1 Å². The molecule has 1 aromatic rings. The van der Waals surface area contributed by atoms with E-state index in [0.717, 1.165) is 12.8 Å². The van der Waals surface area contributed by atoms with Gasteiger partial charge < -0.3 is 10.4 Å². The third-order valence-corrected chi connectivity index (χ3v) is 4.20. The van der Waals surface area contributed by atoms with E-state index < -0.39 is 23.2 Å². The highest BCUT2D eigenvalue weighted by Gasteiger charge is 2.42. The molecule has 2 N–H and O–H groups in total. The standard InChI is InChI=1S/C16H17ClF3NO2/c1-15(9-22,11-4-5-11)21-14(23)8-13(16(18,19)20)10-2-6-12(17)7-3-10/h2-3,6-8,11,22H,4-5,9H2,1H3,(H,21,23)/b13-8-. The molecule has 0 aliphatic heterocycles. The molecule has 0 saturated heterocycles. The van der Waals surface area contributed by atoms with Gasteiger partial charge in [-0.05, 0) is 43.4 Å². The molecule has 1 aliphatic carbocycles. The summed E-state index contributed by atoms with van der Waals surface area (Å²) in [6.45, 7) is 1.31. The van der Waals surface area contributed by atoms with Crippen LogP contribution >= 0.6 is 11.6 Å². The van der Waals surface area contributed by atoms with Gasteiger partial charge in [-0.1, -0.05) is 23.7 Å². The Labute approximate surface area is 137 Å². The molecule has 1 atom stereocenters. The molecule has 0 aromatic heterocycles. The van der Waals surface area contributed by atoms with Crippen LogP contribution in [0.3, 0.4) is 0 Å². The Balaban J connectivity index is 2.26. The summed E-state index contributed by atoms with van der Waals surface area (Å²) < 4.78 is 39.7. The molecule has 3 nitrogen and oxygen atoms in total. The smallest absolute Gasteiger partial charge is 0.394 e. The SMILES string of the molecule is CC(CO)(NC(=O)/C=C(/c1ccc(Cl)cc1)C(F)(F)F)C1CC1. The van der Waals surface area contributed by atoms with Crippen LogP contribution in [0, 0.1) is 5.92 Å². The van der Waals surface area contributed by atoms with Crippen LogP contribution in [0.5, 0.6) is 0 Å². The Bertz CT molecular complexity index is 609. The maximum atomic E-state index is 13.2. The third-order valence-electron chi connectivity index (χ3n) is 3.95. The first-order chi connectivity index (χ1) is 10.7. The highest BCUT2D eigenvalue weighted by molar-refractivity contribution is 6.30. The fourth-order valence-corrected chi connectivity index (χ4v) is 2.52. The molecule has 1 aliphatic rings. The molecule has 23 heavy (non-hydrogen) atoms. The zero-order valence-electron chi connectivity index (χ0n) is 12.5. The number of allylic oxidation sites excluding steroid dienone is 1. The summed E-state index contributed by atoms with van der Waals surface area (Å²) >= 11 is 5.68. The van der Waals surface area contributed by atoms with Crippen molar-refractivity contribution in [2.45, 2.75) is 31.5 Å². The second kappa shape index (κ2) is 6.53. The normalized spacial score (nSPS) is 18.4. The highest BCUT2D eigenvalue weighted by atomic mass is 35.5. The number of carbonyl (C=O) groups is 1. The minimum Gasteiger partial charge on any atom is -0.394 e. The molecule has 1 fully saturated rings. The number of hydrogen-bond donors (Lipinski definition) is 2. The Morgan fingerprint density at radius 2 is 1.91 bits per heavy atom. The van der Waals surface area contributed by atoms with E-state index in [9.17, 15) is 23.1 Å². The minimum atomic E-state index is -4.68. The summed E-state index contributed by atoms with van der Waals surface area (Å²) in [6, 6.07) is 5.08. The van der Waals surface area contributed by atoms with Gasteiger partial charge in [-0.15, -0.1) is 0 Å². The van der Waals surface area contributed by atoms with Crippen LogP contribution in [0.1, 0.15) is 25.3 Å². The summed E-state index contributed by atoms with van der Waals surface area (Å²) in [6.07, 6.45) is -2.48. The van der Waals surface area contributed by atoms with Crippen molar-refractivity contribution in [1.29, 1.82) is 0 Å². The molecule has 1 saturated carbocycles. The number of aliphatic hydroxyl groups is 1. The van der Waals surface area contributed by atoms with Gasteiger partial charge >= 0.3 is 6.18 Å². The number of aliphatic hydroxyl groups excluding tert-OH is 1. The molecule has 1 amide bonds. The molecular weight excluding hydrogens is 331 g/mol. The van der Waals surface area contributed by atoms with E-state index in [1.807, 2.05) is 0 Å². The van der Waals surface area contributed by atoms with Crippen LogP contribution in [0.15, 0.2) is 30.3 Å². The molecule has 7 heteroatoms. The number of carbonyl (C=O) groups excluding carboxylic acids is 1. The third kappa shape index (κ3) is 4.48. The van der Waals surface area contributed by atoms with Crippen molar-refractivity contribution < 1.29 is 23.1 Å². The summed E-state index contributed by atoms with van der Waals surface area (Å²) in [4.78, 5) is 12.0. The van der Waals surface area contributed by atoms with Gasteiger partial charge in [-0.3, -0.25) is 4.79 Å². The predicted octanol–water partition coefficient (Wildman–Crippen LogP) is 3.56. The van der Waals surface area contributed by atoms with Crippen LogP contribution in [0.4, 0.5) is 13.2 Å². The summed E-state index contributed by atoms with van der Waals surface area (Å²) in [5.41, 5.74) is -2.10. The van der Waals surface area contributed by atoms with Crippen molar-refractivity contribution in [2.75, 3.05) is 6.61 Å². The monoisotopic (exact) mass is 347 g/mol. The van der Waals surface area contributed by atoms with Crippen molar-refractivity contribution in [3.05, 3.63) is 40.9 Å². The van der Waals surface area contributed by atoms with Crippen LogP contribution < -0.4 is 5.32 Å². The molecule has 0 radical (unpaired) electrons.